The van der Waals surface area contributed by atoms with E-state index >= 15 is 0 Å². The number of carbonyl (C=O) groups is 2. The van der Waals surface area contributed by atoms with Gasteiger partial charge in [-0.15, -0.1) is 0 Å². The van der Waals surface area contributed by atoms with E-state index in [4.69, 9.17) is 14.2 Å². The fourth-order valence-electron chi connectivity index (χ4n) is 2.91. The first-order valence-corrected chi connectivity index (χ1v) is 9.17. The molecular weight excluding hydrogens is 393 g/mol. The summed E-state index contributed by atoms with van der Waals surface area (Å²) in [6.07, 6.45) is 1.71. The molecule has 4 rings (SSSR count). The molecule has 2 aromatic carbocycles. The van der Waals surface area contributed by atoms with Crippen molar-refractivity contribution in [3.8, 4) is 17.2 Å². The average Bonchev–Trinajstić information content (AvgIpc) is 3.41. The first kappa shape index (κ1) is 19.4. The summed E-state index contributed by atoms with van der Waals surface area (Å²) in [7, 11) is 0. The van der Waals surface area contributed by atoms with Crippen molar-refractivity contribution >= 4 is 11.9 Å². The van der Waals surface area contributed by atoms with E-state index in [0.717, 1.165) is 5.56 Å². The zero-order chi connectivity index (χ0) is 21.1. The van der Waals surface area contributed by atoms with Gasteiger partial charge in [-0.3, -0.25) is 9.36 Å². The molecule has 0 spiro atoms. The molecular formula is C21H18FN3O5. The maximum atomic E-state index is 13.1. The summed E-state index contributed by atoms with van der Waals surface area (Å²) >= 11 is 0. The predicted octanol–water partition coefficient (Wildman–Crippen LogP) is 2.60. The van der Waals surface area contributed by atoms with Crippen LogP contribution in [0.2, 0.25) is 0 Å². The summed E-state index contributed by atoms with van der Waals surface area (Å²) < 4.78 is 30.4. The lowest BCUT2D eigenvalue weighted by Crippen LogP contribution is -2.35. The Balaban J connectivity index is 1.36. The Hall–Kier alpha value is -3.88. The van der Waals surface area contributed by atoms with Crippen LogP contribution in [0.5, 0.6) is 11.5 Å². The number of nitrogens with one attached hydrogen (secondary N) is 1. The summed E-state index contributed by atoms with van der Waals surface area (Å²) in [4.78, 5) is 28.8. The zero-order valence-corrected chi connectivity index (χ0v) is 16.0. The van der Waals surface area contributed by atoms with Crippen LogP contribution in [-0.4, -0.2) is 34.3 Å². The minimum Gasteiger partial charge on any atom is -0.454 e. The molecule has 9 heteroatoms. The molecule has 1 aliphatic rings. The number of esters is 1. The summed E-state index contributed by atoms with van der Waals surface area (Å²) in [6, 6.07) is 10.9. The number of imidazole rings is 1. The van der Waals surface area contributed by atoms with Crippen molar-refractivity contribution in [2.24, 2.45) is 0 Å². The quantitative estimate of drug-likeness (QED) is 0.627. The number of halogens is 1. The van der Waals surface area contributed by atoms with E-state index < -0.39 is 23.8 Å². The normalized spacial score (nSPS) is 13.0. The summed E-state index contributed by atoms with van der Waals surface area (Å²) in [5.41, 5.74) is 1.48. The van der Waals surface area contributed by atoms with E-state index in [0.29, 0.717) is 17.2 Å². The van der Waals surface area contributed by atoms with Crippen molar-refractivity contribution in [1.82, 2.24) is 14.9 Å². The van der Waals surface area contributed by atoms with Crippen LogP contribution in [0, 0.1) is 5.82 Å². The highest BCUT2D eigenvalue weighted by Crippen LogP contribution is 2.32. The highest BCUT2D eigenvalue weighted by atomic mass is 19.1. The molecule has 30 heavy (non-hydrogen) atoms. The second kappa shape index (κ2) is 8.24. The van der Waals surface area contributed by atoms with E-state index in [1.165, 1.54) is 48.3 Å². The number of carbonyl (C=O) groups excluding carboxylic acids is 2. The SMILES string of the molecule is CC(OC(=O)c1cncn1-c1ccc(F)cc1)C(=O)NCc1ccc2c(c1)OCO2. The second-order valence-corrected chi connectivity index (χ2v) is 6.58. The van der Waals surface area contributed by atoms with Crippen molar-refractivity contribution in [3.05, 3.63) is 72.1 Å². The van der Waals surface area contributed by atoms with Crippen LogP contribution in [0.15, 0.2) is 55.0 Å². The summed E-state index contributed by atoms with van der Waals surface area (Å²) in [6.45, 7) is 1.89. The van der Waals surface area contributed by atoms with E-state index in [9.17, 15) is 14.0 Å². The van der Waals surface area contributed by atoms with Gasteiger partial charge in [0.2, 0.25) is 6.79 Å². The van der Waals surface area contributed by atoms with Crippen molar-refractivity contribution in [3.63, 3.8) is 0 Å². The maximum Gasteiger partial charge on any atom is 0.357 e. The fourth-order valence-corrected chi connectivity index (χ4v) is 2.91. The first-order chi connectivity index (χ1) is 14.5. The van der Waals surface area contributed by atoms with Gasteiger partial charge in [-0.05, 0) is 48.9 Å². The molecule has 0 radical (unpaired) electrons. The second-order valence-electron chi connectivity index (χ2n) is 6.58. The van der Waals surface area contributed by atoms with E-state index in [1.54, 1.807) is 12.1 Å². The molecule has 0 fully saturated rings. The van der Waals surface area contributed by atoms with Gasteiger partial charge in [-0.2, -0.15) is 0 Å². The molecule has 0 bridgehead atoms. The number of amides is 1. The minimum absolute atomic E-state index is 0.122. The predicted molar refractivity (Wildman–Crippen MR) is 103 cm³/mol. The van der Waals surface area contributed by atoms with E-state index in [2.05, 4.69) is 10.3 Å². The van der Waals surface area contributed by atoms with E-state index in [-0.39, 0.29) is 19.0 Å². The van der Waals surface area contributed by atoms with Crippen LogP contribution < -0.4 is 14.8 Å². The van der Waals surface area contributed by atoms with Crippen molar-refractivity contribution in [2.45, 2.75) is 19.6 Å². The zero-order valence-electron chi connectivity index (χ0n) is 16.0. The number of aromatic nitrogens is 2. The Kier molecular flexibility index (Phi) is 5.34. The van der Waals surface area contributed by atoms with E-state index in [1.807, 2.05) is 6.07 Å². The fraction of sp³-hybridized carbons (Fsp3) is 0.190. The molecule has 1 aliphatic heterocycles. The largest absolute Gasteiger partial charge is 0.454 e. The molecule has 1 unspecified atom stereocenters. The molecule has 2 heterocycles. The third kappa shape index (κ3) is 4.09. The number of ether oxygens (including phenoxy) is 3. The summed E-state index contributed by atoms with van der Waals surface area (Å²) in [5.74, 6) is -0.285. The number of nitrogens with zero attached hydrogens (tertiary/aromatic N) is 2. The van der Waals surface area contributed by atoms with Crippen molar-refractivity contribution in [2.75, 3.05) is 6.79 Å². The summed E-state index contributed by atoms with van der Waals surface area (Å²) in [5, 5.41) is 2.72. The molecule has 154 valence electrons. The van der Waals surface area contributed by atoms with Gasteiger partial charge in [0.25, 0.3) is 5.91 Å². The molecule has 1 N–H and O–H groups in total. The topological polar surface area (TPSA) is 91.7 Å². The van der Waals surface area contributed by atoms with Gasteiger partial charge in [-0.25, -0.2) is 14.2 Å². The Bertz CT molecular complexity index is 1080. The lowest BCUT2D eigenvalue weighted by atomic mass is 10.2. The van der Waals surface area contributed by atoms with Gasteiger partial charge in [-0.1, -0.05) is 6.07 Å². The van der Waals surface area contributed by atoms with Gasteiger partial charge in [0.15, 0.2) is 23.3 Å². The van der Waals surface area contributed by atoms with Crippen LogP contribution >= 0.6 is 0 Å². The Morgan fingerprint density at radius 2 is 1.97 bits per heavy atom. The molecule has 0 saturated carbocycles. The van der Waals surface area contributed by atoms with Crippen LogP contribution in [0.25, 0.3) is 5.69 Å². The van der Waals surface area contributed by atoms with Crippen LogP contribution in [0.3, 0.4) is 0 Å². The van der Waals surface area contributed by atoms with Crippen LogP contribution in [0.4, 0.5) is 4.39 Å². The van der Waals surface area contributed by atoms with Gasteiger partial charge in [0, 0.05) is 12.2 Å². The molecule has 1 amide bonds. The van der Waals surface area contributed by atoms with Gasteiger partial charge in [0.1, 0.15) is 5.82 Å². The maximum absolute atomic E-state index is 13.1. The Labute approximate surface area is 171 Å². The van der Waals surface area contributed by atoms with Crippen LogP contribution in [0.1, 0.15) is 23.0 Å². The number of hydrogen-bond acceptors (Lipinski definition) is 6. The average molecular weight is 411 g/mol. The lowest BCUT2D eigenvalue weighted by Gasteiger charge is -2.14. The molecule has 0 aliphatic carbocycles. The number of benzene rings is 2. The number of fused-ring (bicyclic) bond motifs is 1. The molecule has 8 nitrogen and oxygen atoms in total. The monoisotopic (exact) mass is 411 g/mol. The molecule has 1 aromatic heterocycles. The van der Waals surface area contributed by atoms with Gasteiger partial charge < -0.3 is 19.5 Å². The third-order valence-corrected chi connectivity index (χ3v) is 4.51. The number of hydrogen-bond donors (Lipinski definition) is 1. The van der Waals surface area contributed by atoms with Gasteiger partial charge in [0.05, 0.1) is 12.5 Å². The third-order valence-electron chi connectivity index (χ3n) is 4.51. The Morgan fingerprint density at radius 1 is 1.20 bits per heavy atom. The lowest BCUT2D eigenvalue weighted by molar-refractivity contribution is -0.129. The first-order valence-electron chi connectivity index (χ1n) is 9.17. The smallest absolute Gasteiger partial charge is 0.357 e. The Morgan fingerprint density at radius 3 is 2.77 bits per heavy atom. The highest BCUT2D eigenvalue weighted by Gasteiger charge is 2.22. The molecule has 3 aromatic rings. The van der Waals surface area contributed by atoms with Crippen LogP contribution in [-0.2, 0) is 16.1 Å². The standard InChI is InChI=1S/C21H18FN3O5/c1-13(20(26)24-9-14-2-7-18-19(8-14)29-12-28-18)30-21(27)17-10-23-11-25(17)16-5-3-15(22)4-6-16/h2-8,10-11,13H,9,12H2,1H3,(H,24,26). The van der Waals surface area contributed by atoms with Gasteiger partial charge >= 0.3 is 5.97 Å². The molecule has 1 atom stereocenters. The number of rotatable bonds is 6. The highest BCUT2D eigenvalue weighted by molar-refractivity contribution is 5.91. The minimum atomic E-state index is -1.02. The molecule has 0 saturated heterocycles. The van der Waals surface area contributed by atoms with Crippen molar-refractivity contribution in [1.29, 1.82) is 0 Å². The van der Waals surface area contributed by atoms with Crippen molar-refractivity contribution < 1.29 is 28.2 Å².